The van der Waals surface area contributed by atoms with E-state index in [1.54, 1.807) is 54.6 Å². The van der Waals surface area contributed by atoms with E-state index in [2.05, 4.69) is 21.2 Å². The number of nitrogens with zero attached hydrogens (tertiary/aromatic N) is 2. The van der Waals surface area contributed by atoms with Crippen LogP contribution in [0.25, 0.3) is 0 Å². The number of nitrogens with one attached hydrogen (secondary N) is 1. The minimum atomic E-state index is -4.18. The Kier molecular flexibility index (Phi) is 11.1. The number of anilines is 1. The van der Waals surface area contributed by atoms with Gasteiger partial charge in [0, 0.05) is 28.0 Å². The van der Waals surface area contributed by atoms with Crippen molar-refractivity contribution in [1.29, 1.82) is 0 Å². The van der Waals surface area contributed by atoms with E-state index in [0.717, 1.165) is 19.9 Å². The van der Waals surface area contributed by atoms with Gasteiger partial charge in [0.15, 0.2) is 0 Å². The van der Waals surface area contributed by atoms with Gasteiger partial charge >= 0.3 is 0 Å². The molecule has 4 rings (SSSR count). The highest BCUT2D eigenvalue weighted by Crippen LogP contribution is 2.27. The van der Waals surface area contributed by atoms with Gasteiger partial charge in [0.25, 0.3) is 10.0 Å². The van der Waals surface area contributed by atoms with Crippen LogP contribution in [-0.2, 0) is 32.6 Å². The van der Waals surface area contributed by atoms with Crippen LogP contribution in [0, 0.1) is 6.92 Å². The van der Waals surface area contributed by atoms with E-state index in [4.69, 9.17) is 11.6 Å². The highest BCUT2D eigenvalue weighted by atomic mass is 79.9. The highest BCUT2D eigenvalue weighted by molar-refractivity contribution is 9.10. The van der Waals surface area contributed by atoms with Crippen molar-refractivity contribution in [2.75, 3.05) is 10.8 Å². The van der Waals surface area contributed by atoms with E-state index in [0.29, 0.717) is 16.3 Å². The number of carbonyl (C=O) groups excluding carboxylic acids is 2. The molecular weight excluding hydrogens is 674 g/mol. The molecule has 236 valence electrons. The second-order valence-electron chi connectivity index (χ2n) is 11.9. The number of rotatable bonds is 11. The summed E-state index contributed by atoms with van der Waals surface area (Å²) in [6.45, 7) is 6.99. The summed E-state index contributed by atoms with van der Waals surface area (Å²) in [5, 5.41) is 3.51. The van der Waals surface area contributed by atoms with Crippen LogP contribution in [0.15, 0.2) is 112 Å². The molecule has 0 radical (unpaired) electrons. The van der Waals surface area contributed by atoms with Gasteiger partial charge in [0.1, 0.15) is 12.6 Å². The zero-order valence-corrected chi connectivity index (χ0v) is 28.9. The standard InChI is InChI=1S/C35H37BrClN3O4S/c1-25-13-19-31(20-14-25)45(43,44)40(30-17-15-28(36)16-18-30)24-33(41)39(23-27-11-8-12-29(37)21-27)32(34(42)38-35(2,3)4)22-26-9-6-5-7-10-26/h5-21,32H,22-24H2,1-4H3,(H,38,42). The summed E-state index contributed by atoms with van der Waals surface area (Å²) in [6.07, 6.45) is 0.220. The predicted molar refractivity (Wildman–Crippen MR) is 184 cm³/mol. The van der Waals surface area contributed by atoms with E-state index in [1.165, 1.54) is 17.0 Å². The SMILES string of the molecule is Cc1ccc(S(=O)(=O)N(CC(=O)N(Cc2cccc(Cl)c2)C(Cc2ccccc2)C(=O)NC(C)(C)C)c2ccc(Br)cc2)cc1. The van der Waals surface area contributed by atoms with Crippen molar-refractivity contribution in [2.45, 2.75) is 57.1 Å². The lowest BCUT2D eigenvalue weighted by atomic mass is 10.0. The molecule has 0 heterocycles. The van der Waals surface area contributed by atoms with Crippen LogP contribution in [-0.4, -0.2) is 43.3 Å². The second-order valence-corrected chi connectivity index (χ2v) is 15.1. The lowest BCUT2D eigenvalue weighted by Gasteiger charge is -2.35. The van der Waals surface area contributed by atoms with E-state index in [1.807, 2.05) is 64.1 Å². The Morgan fingerprint density at radius 1 is 0.867 bits per heavy atom. The number of benzene rings is 4. The fourth-order valence-electron chi connectivity index (χ4n) is 4.81. The predicted octanol–water partition coefficient (Wildman–Crippen LogP) is 7.16. The molecule has 4 aromatic rings. The second kappa shape index (κ2) is 14.6. The Hall–Kier alpha value is -3.66. The van der Waals surface area contributed by atoms with Crippen LogP contribution in [0.5, 0.6) is 0 Å². The van der Waals surface area contributed by atoms with Gasteiger partial charge in [-0.25, -0.2) is 8.42 Å². The summed E-state index contributed by atoms with van der Waals surface area (Å²) in [7, 11) is -4.18. The zero-order chi connectivity index (χ0) is 32.8. The molecule has 0 spiro atoms. The molecule has 0 bridgehead atoms. The smallest absolute Gasteiger partial charge is 0.264 e. The third-order valence-corrected chi connectivity index (χ3v) is 9.57. The van der Waals surface area contributed by atoms with Crippen molar-refractivity contribution in [3.8, 4) is 0 Å². The molecule has 0 saturated carbocycles. The Morgan fingerprint density at radius 2 is 1.49 bits per heavy atom. The zero-order valence-electron chi connectivity index (χ0n) is 25.7. The van der Waals surface area contributed by atoms with Gasteiger partial charge in [-0.15, -0.1) is 0 Å². The maximum Gasteiger partial charge on any atom is 0.264 e. The summed E-state index contributed by atoms with van der Waals surface area (Å²) >= 11 is 9.72. The topological polar surface area (TPSA) is 86.8 Å². The number of carbonyl (C=O) groups is 2. The van der Waals surface area contributed by atoms with Gasteiger partial charge in [0.2, 0.25) is 11.8 Å². The molecule has 0 aliphatic carbocycles. The molecule has 45 heavy (non-hydrogen) atoms. The number of amides is 2. The average Bonchev–Trinajstić information content (AvgIpc) is 2.98. The Labute approximate surface area is 279 Å². The van der Waals surface area contributed by atoms with Crippen LogP contribution in [0.2, 0.25) is 5.02 Å². The Balaban J connectivity index is 1.81. The van der Waals surface area contributed by atoms with Crippen molar-refractivity contribution in [2.24, 2.45) is 0 Å². The monoisotopic (exact) mass is 709 g/mol. The van der Waals surface area contributed by atoms with Gasteiger partial charge < -0.3 is 10.2 Å². The quantitative estimate of drug-likeness (QED) is 0.179. The van der Waals surface area contributed by atoms with Gasteiger partial charge in [-0.05, 0) is 87.4 Å². The number of sulfonamides is 1. The lowest BCUT2D eigenvalue weighted by Crippen LogP contribution is -2.56. The van der Waals surface area contributed by atoms with Gasteiger partial charge in [-0.3, -0.25) is 13.9 Å². The number of aryl methyl sites for hydroxylation is 1. The van der Waals surface area contributed by atoms with Crippen LogP contribution in [0.3, 0.4) is 0 Å². The maximum atomic E-state index is 14.5. The number of hydrogen-bond acceptors (Lipinski definition) is 4. The molecule has 0 aliphatic heterocycles. The van der Waals surface area contributed by atoms with E-state index in [9.17, 15) is 18.0 Å². The summed E-state index contributed by atoms with van der Waals surface area (Å²) in [4.78, 5) is 30.0. The van der Waals surface area contributed by atoms with Crippen molar-refractivity contribution in [3.63, 3.8) is 0 Å². The molecule has 2 amide bonds. The van der Waals surface area contributed by atoms with Crippen molar-refractivity contribution in [3.05, 3.63) is 129 Å². The molecule has 10 heteroatoms. The molecule has 1 N–H and O–H groups in total. The van der Waals surface area contributed by atoms with Crippen molar-refractivity contribution >= 4 is 55.1 Å². The van der Waals surface area contributed by atoms with Crippen LogP contribution < -0.4 is 9.62 Å². The number of hydrogen-bond donors (Lipinski definition) is 1. The Bertz CT molecular complexity index is 1730. The third-order valence-electron chi connectivity index (χ3n) is 7.01. The minimum absolute atomic E-state index is 0.0349. The maximum absolute atomic E-state index is 14.5. The molecule has 0 saturated heterocycles. The van der Waals surface area contributed by atoms with Gasteiger partial charge in [-0.2, -0.15) is 0 Å². The van der Waals surface area contributed by atoms with Crippen molar-refractivity contribution in [1.82, 2.24) is 10.2 Å². The van der Waals surface area contributed by atoms with E-state index in [-0.39, 0.29) is 23.8 Å². The molecule has 1 unspecified atom stereocenters. The van der Waals surface area contributed by atoms with Crippen LogP contribution in [0.1, 0.15) is 37.5 Å². The molecule has 0 aliphatic rings. The van der Waals surface area contributed by atoms with Crippen LogP contribution in [0.4, 0.5) is 5.69 Å². The average molecular weight is 711 g/mol. The molecule has 0 aromatic heterocycles. The first-order chi connectivity index (χ1) is 21.2. The molecule has 4 aromatic carbocycles. The Morgan fingerprint density at radius 3 is 2.09 bits per heavy atom. The van der Waals surface area contributed by atoms with E-state index < -0.39 is 34.1 Å². The minimum Gasteiger partial charge on any atom is -0.350 e. The molecular formula is C35H37BrClN3O4S. The molecule has 0 fully saturated rings. The van der Waals surface area contributed by atoms with Crippen LogP contribution >= 0.6 is 27.5 Å². The summed E-state index contributed by atoms with van der Waals surface area (Å²) in [5.41, 5.74) is 2.20. The first-order valence-electron chi connectivity index (χ1n) is 14.5. The highest BCUT2D eigenvalue weighted by Gasteiger charge is 2.35. The summed E-state index contributed by atoms with van der Waals surface area (Å²) in [6, 6.07) is 28.7. The van der Waals surface area contributed by atoms with Gasteiger partial charge in [0.05, 0.1) is 10.6 Å². The summed E-state index contributed by atoms with van der Waals surface area (Å²) in [5.74, 6) is -0.892. The summed E-state index contributed by atoms with van der Waals surface area (Å²) < 4.78 is 30.1. The van der Waals surface area contributed by atoms with Gasteiger partial charge in [-0.1, -0.05) is 87.7 Å². The number of halogens is 2. The normalized spacial score (nSPS) is 12.3. The molecule has 7 nitrogen and oxygen atoms in total. The molecule has 1 atom stereocenters. The lowest BCUT2D eigenvalue weighted by molar-refractivity contribution is -0.140. The largest absolute Gasteiger partial charge is 0.350 e. The fourth-order valence-corrected chi connectivity index (χ4v) is 6.70. The first-order valence-corrected chi connectivity index (χ1v) is 17.1. The van der Waals surface area contributed by atoms with Crippen molar-refractivity contribution < 1.29 is 18.0 Å². The third kappa shape index (κ3) is 9.42. The fraction of sp³-hybridized carbons (Fsp3) is 0.257. The van der Waals surface area contributed by atoms with E-state index >= 15 is 0 Å². The first kappa shape index (κ1) is 34.2.